The molecule has 0 aliphatic heterocycles. The fraction of sp³-hybridized carbons (Fsp3) is 0.154. The number of benzene rings is 1. The van der Waals surface area contributed by atoms with Crippen LogP contribution in [0.4, 0.5) is 4.39 Å². The lowest BCUT2D eigenvalue weighted by atomic mass is 10.1. The average Bonchev–Trinajstić information content (AvgIpc) is 2.30. The van der Waals surface area contributed by atoms with E-state index in [2.05, 4.69) is 43.5 Å². The minimum atomic E-state index is -0.198. The van der Waals surface area contributed by atoms with Gasteiger partial charge in [-0.05, 0) is 52.4 Å². The van der Waals surface area contributed by atoms with Crippen molar-refractivity contribution in [1.29, 1.82) is 0 Å². The molecular formula is C13H10BrFIN. The minimum Gasteiger partial charge on any atom is -0.261 e. The number of nitrogens with zero attached hydrogens (tertiary/aromatic N) is 1. The van der Waals surface area contributed by atoms with Crippen molar-refractivity contribution in [3.63, 3.8) is 0 Å². The Hall–Kier alpha value is -0.490. The first-order valence-electron chi connectivity index (χ1n) is 5.16. The van der Waals surface area contributed by atoms with Crippen molar-refractivity contribution >= 4 is 38.5 Å². The van der Waals surface area contributed by atoms with E-state index in [1.165, 1.54) is 6.07 Å². The van der Waals surface area contributed by atoms with E-state index in [-0.39, 0.29) is 10.6 Å². The molecule has 17 heavy (non-hydrogen) atoms. The molecule has 4 heteroatoms. The third-order valence-electron chi connectivity index (χ3n) is 2.41. The number of aromatic nitrogens is 1. The van der Waals surface area contributed by atoms with Gasteiger partial charge in [0.15, 0.2) is 0 Å². The van der Waals surface area contributed by atoms with E-state index < -0.39 is 0 Å². The molecule has 1 atom stereocenters. The average molecular weight is 406 g/mol. The zero-order chi connectivity index (χ0) is 12.3. The fourth-order valence-corrected chi connectivity index (χ4v) is 3.58. The van der Waals surface area contributed by atoms with Gasteiger partial charge in [-0.2, -0.15) is 0 Å². The number of alkyl halides is 1. The van der Waals surface area contributed by atoms with Gasteiger partial charge in [-0.3, -0.25) is 4.98 Å². The van der Waals surface area contributed by atoms with Gasteiger partial charge >= 0.3 is 0 Å². The van der Waals surface area contributed by atoms with Gasteiger partial charge in [-0.15, -0.1) is 0 Å². The van der Waals surface area contributed by atoms with Gasteiger partial charge in [-0.25, -0.2) is 4.39 Å². The van der Waals surface area contributed by atoms with E-state index in [0.717, 1.165) is 21.2 Å². The van der Waals surface area contributed by atoms with Crippen molar-refractivity contribution < 1.29 is 4.39 Å². The number of halogens is 3. The highest BCUT2D eigenvalue weighted by atomic mass is 127. The summed E-state index contributed by atoms with van der Waals surface area (Å²) in [4.78, 5) is 4.44. The van der Waals surface area contributed by atoms with Crippen molar-refractivity contribution in [2.24, 2.45) is 0 Å². The number of pyridine rings is 1. The third kappa shape index (κ3) is 3.48. The molecule has 88 valence electrons. The lowest BCUT2D eigenvalue weighted by molar-refractivity contribution is 0.625. The molecule has 1 aromatic heterocycles. The van der Waals surface area contributed by atoms with Gasteiger partial charge in [0.1, 0.15) is 5.82 Å². The molecule has 0 amide bonds. The largest absolute Gasteiger partial charge is 0.261 e. The van der Waals surface area contributed by atoms with Crippen LogP contribution in [0.5, 0.6) is 0 Å². The summed E-state index contributed by atoms with van der Waals surface area (Å²) in [5.41, 5.74) is 2.12. The zero-order valence-electron chi connectivity index (χ0n) is 8.91. The van der Waals surface area contributed by atoms with Crippen LogP contribution in [-0.4, -0.2) is 4.98 Å². The van der Waals surface area contributed by atoms with Crippen molar-refractivity contribution in [2.75, 3.05) is 0 Å². The van der Waals surface area contributed by atoms with E-state index in [0.29, 0.717) is 0 Å². The summed E-state index contributed by atoms with van der Waals surface area (Å²) >= 11 is 5.78. The van der Waals surface area contributed by atoms with Crippen LogP contribution in [0.2, 0.25) is 0 Å². The molecular weight excluding hydrogens is 396 g/mol. The topological polar surface area (TPSA) is 12.9 Å². The Morgan fingerprint density at radius 3 is 2.76 bits per heavy atom. The molecule has 2 aromatic rings. The van der Waals surface area contributed by atoms with Crippen molar-refractivity contribution in [1.82, 2.24) is 4.98 Å². The highest BCUT2D eigenvalue weighted by molar-refractivity contribution is 14.1. The Balaban J connectivity index is 2.17. The Kier molecular flexibility index (Phi) is 4.50. The van der Waals surface area contributed by atoms with E-state index in [1.54, 1.807) is 12.3 Å². The van der Waals surface area contributed by atoms with E-state index >= 15 is 0 Å². The maximum atomic E-state index is 13.0. The fourth-order valence-electron chi connectivity index (χ4n) is 1.57. The molecule has 0 aliphatic carbocycles. The molecule has 0 fully saturated rings. The van der Waals surface area contributed by atoms with Crippen LogP contribution in [0.3, 0.4) is 0 Å². The molecule has 0 saturated carbocycles. The highest BCUT2D eigenvalue weighted by Crippen LogP contribution is 2.30. The van der Waals surface area contributed by atoms with Crippen LogP contribution in [0, 0.1) is 9.39 Å². The molecule has 0 bridgehead atoms. The normalized spacial score (nSPS) is 12.4. The molecule has 1 heterocycles. The predicted molar refractivity (Wildman–Crippen MR) is 78.7 cm³/mol. The van der Waals surface area contributed by atoms with Gasteiger partial charge in [0.2, 0.25) is 0 Å². The molecule has 1 aromatic carbocycles. The van der Waals surface area contributed by atoms with Gasteiger partial charge in [0.05, 0.1) is 0 Å². The summed E-state index contributed by atoms with van der Waals surface area (Å²) in [7, 11) is 0. The second-order valence-corrected chi connectivity index (χ2v) is 5.93. The van der Waals surface area contributed by atoms with Gasteiger partial charge in [0, 0.05) is 26.7 Å². The van der Waals surface area contributed by atoms with E-state index in [1.807, 2.05) is 24.3 Å². The second kappa shape index (κ2) is 5.91. The summed E-state index contributed by atoms with van der Waals surface area (Å²) in [6.45, 7) is 0. The minimum absolute atomic E-state index is 0.157. The lowest BCUT2D eigenvalue weighted by Crippen LogP contribution is -2.00. The van der Waals surface area contributed by atoms with Gasteiger partial charge < -0.3 is 0 Å². The van der Waals surface area contributed by atoms with Crippen LogP contribution < -0.4 is 0 Å². The van der Waals surface area contributed by atoms with Crippen LogP contribution >= 0.6 is 38.5 Å². The molecule has 1 unspecified atom stereocenters. The Bertz CT molecular complexity index is 504. The summed E-state index contributed by atoms with van der Waals surface area (Å²) < 4.78 is 13.9. The standard InChI is InChI=1S/C13H10BrFIN/c14-12(8-10-3-1-2-6-17-10)11-5-4-9(15)7-13(11)16/h1-7,12H,8H2. The molecule has 0 spiro atoms. The monoisotopic (exact) mass is 405 g/mol. The van der Waals surface area contributed by atoms with Crippen molar-refractivity contribution in [2.45, 2.75) is 11.2 Å². The van der Waals surface area contributed by atoms with Crippen LogP contribution in [0.25, 0.3) is 0 Å². The van der Waals surface area contributed by atoms with Crippen molar-refractivity contribution in [3.8, 4) is 0 Å². The van der Waals surface area contributed by atoms with E-state index in [9.17, 15) is 4.39 Å². The SMILES string of the molecule is Fc1ccc(C(Br)Cc2ccccn2)c(I)c1. The maximum Gasteiger partial charge on any atom is 0.124 e. The predicted octanol–water partition coefficient (Wildman–Crippen LogP) is 4.50. The quantitative estimate of drug-likeness (QED) is 0.541. The van der Waals surface area contributed by atoms with Gasteiger partial charge in [-0.1, -0.05) is 28.1 Å². The Morgan fingerprint density at radius 2 is 2.12 bits per heavy atom. The summed E-state index contributed by atoms with van der Waals surface area (Å²) in [6, 6.07) is 10.7. The zero-order valence-corrected chi connectivity index (χ0v) is 12.7. The number of hydrogen-bond acceptors (Lipinski definition) is 1. The molecule has 0 aliphatic rings. The summed E-state index contributed by atoms with van der Waals surface area (Å²) in [6.07, 6.45) is 2.58. The Morgan fingerprint density at radius 1 is 1.29 bits per heavy atom. The Labute approximate surface area is 122 Å². The molecule has 2 rings (SSSR count). The van der Waals surface area contributed by atoms with Crippen molar-refractivity contribution in [3.05, 3.63) is 63.2 Å². The first kappa shape index (κ1) is 13.0. The van der Waals surface area contributed by atoms with Gasteiger partial charge in [0.25, 0.3) is 0 Å². The summed E-state index contributed by atoms with van der Waals surface area (Å²) in [5, 5.41) is 0. The lowest BCUT2D eigenvalue weighted by Gasteiger charge is -2.11. The highest BCUT2D eigenvalue weighted by Gasteiger charge is 2.12. The van der Waals surface area contributed by atoms with Crippen LogP contribution in [0.1, 0.15) is 16.1 Å². The molecule has 0 N–H and O–H groups in total. The number of rotatable bonds is 3. The number of hydrogen-bond donors (Lipinski definition) is 0. The molecule has 0 saturated heterocycles. The summed E-state index contributed by atoms with van der Waals surface area (Å²) in [5.74, 6) is -0.198. The first-order valence-corrected chi connectivity index (χ1v) is 7.15. The maximum absolute atomic E-state index is 13.0. The first-order chi connectivity index (χ1) is 8.16. The second-order valence-electron chi connectivity index (χ2n) is 3.66. The van der Waals surface area contributed by atoms with Crippen LogP contribution in [-0.2, 0) is 6.42 Å². The molecule has 1 nitrogen and oxygen atoms in total. The third-order valence-corrected chi connectivity index (χ3v) is 4.17. The van der Waals surface area contributed by atoms with Crippen LogP contribution in [0.15, 0.2) is 42.6 Å². The van der Waals surface area contributed by atoms with E-state index in [4.69, 9.17) is 0 Å². The molecule has 0 radical (unpaired) electrons. The smallest absolute Gasteiger partial charge is 0.124 e.